The normalized spacial score (nSPS) is 24.6. The lowest BCUT2D eigenvalue weighted by Gasteiger charge is -2.36. The third-order valence-corrected chi connectivity index (χ3v) is 4.82. The van der Waals surface area contributed by atoms with Gasteiger partial charge in [0, 0.05) is 19.1 Å². The zero-order valence-corrected chi connectivity index (χ0v) is 14.3. The average Bonchev–Trinajstić information content (AvgIpc) is 3.11. The van der Waals surface area contributed by atoms with Gasteiger partial charge in [-0.05, 0) is 25.7 Å². The molecule has 6 nitrogen and oxygen atoms in total. The Morgan fingerprint density at radius 2 is 1.80 bits per heavy atom. The van der Waals surface area contributed by atoms with Crippen molar-refractivity contribution >= 4 is 11.9 Å². The van der Waals surface area contributed by atoms with Gasteiger partial charge in [-0.2, -0.15) is 13.2 Å². The number of halogens is 3. The molecule has 0 aromatic heterocycles. The lowest BCUT2D eigenvalue weighted by molar-refractivity contribution is -0.221. The Morgan fingerprint density at radius 1 is 1.12 bits per heavy atom. The maximum Gasteiger partial charge on any atom is 0.436 e. The van der Waals surface area contributed by atoms with Gasteiger partial charge in [-0.25, -0.2) is 4.79 Å². The average molecular weight is 366 g/mol. The molecule has 2 fully saturated rings. The SMILES string of the molecule is COC(=O)[C@](NC[C@@H]1CCCO1)(NC(=O)C1CCCCC1)C(F)(F)F. The van der Waals surface area contributed by atoms with E-state index in [-0.39, 0.29) is 6.54 Å². The number of esters is 1. The molecule has 2 atom stereocenters. The van der Waals surface area contributed by atoms with Crippen molar-refractivity contribution in [1.82, 2.24) is 10.6 Å². The van der Waals surface area contributed by atoms with E-state index in [1.807, 2.05) is 5.32 Å². The van der Waals surface area contributed by atoms with Crippen LogP contribution >= 0.6 is 0 Å². The Morgan fingerprint density at radius 3 is 2.32 bits per heavy atom. The van der Waals surface area contributed by atoms with Crippen LogP contribution in [0.4, 0.5) is 13.2 Å². The Hall–Kier alpha value is -1.35. The molecule has 9 heteroatoms. The molecule has 0 aromatic rings. The second-order valence-electron chi connectivity index (χ2n) is 6.58. The van der Waals surface area contributed by atoms with Crippen molar-refractivity contribution in [3.63, 3.8) is 0 Å². The van der Waals surface area contributed by atoms with Crippen LogP contribution in [0.25, 0.3) is 0 Å². The molecule has 2 N–H and O–H groups in total. The lowest BCUT2D eigenvalue weighted by Crippen LogP contribution is -2.73. The summed E-state index contributed by atoms with van der Waals surface area (Å²) >= 11 is 0. The second-order valence-corrected chi connectivity index (χ2v) is 6.58. The topological polar surface area (TPSA) is 76.7 Å². The van der Waals surface area contributed by atoms with E-state index in [2.05, 4.69) is 10.1 Å². The largest absolute Gasteiger partial charge is 0.466 e. The third kappa shape index (κ3) is 4.63. The van der Waals surface area contributed by atoms with Crippen molar-refractivity contribution in [3.05, 3.63) is 0 Å². The number of amides is 1. The highest BCUT2D eigenvalue weighted by atomic mass is 19.4. The van der Waals surface area contributed by atoms with E-state index < -0.39 is 35.7 Å². The van der Waals surface area contributed by atoms with Crippen molar-refractivity contribution in [2.24, 2.45) is 5.92 Å². The van der Waals surface area contributed by atoms with Gasteiger partial charge in [-0.1, -0.05) is 19.3 Å². The quantitative estimate of drug-likeness (QED) is 0.555. The summed E-state index contributed by atoms with van der Waals surface area (Å²) in [6, 6.07) is 0. The Kier molecular flexibility index (Phi) is 6.67. The standard InChI is InChI=1S/C16H25F3N2O4/c1-24-14(23)15(16(17,18)19,20-10-12-8-5-9-25-12)21-13(22)11-6-3-2-4-7-11/h11-12,20H,2-10H2,1H3,(H,21,22)/t12-,15-/m0/s1. The van der Waals surface area contributed by atoms with Crippen LogP contribution in [0.1, 0.15) is 44.9 Å². The van der Waals surface area contributed by atoms with Gasteiger partial charge in [-0.15, -0.1) is 0 Å². The minimum atomic E-state index is -5.05. The summed E-state index contributed by atoms with van der Waals surface area (Å²) in [5, 5.41) is 4.09. The molecule has 0 bridgehead atoms. The number of carbonyl (C=O) groups excluding carboxylic acids is 2. The first-order valence-corrected chi connectivity index (χ1v) is 8.64. The number of hydrogen-bond acceptors (Lipinski definition) is 5. The van der Waals surface area contributed by atoms with Gasteiger partial charge in [0.05, 0.1) is 13.2 Å². The Labute approximate surface area is 144 Å². The summed E-state index contributed by atoms with van der Waals surface area (Å²) in [7, 11) is 0.864. The molecule has 0 spiro atoms. The molecule has 25 heavy (non-hydrogen) atoms. The summed E-state index contributed by atoms with van der Waals surface area (Å²) in [4.78, 5) is 24.4. The van der Waals surface area contributed by atoms with Crippen LogP contribution in [0, 0.1) is 5.92 Å². The fourth-order valence-electron chi connectivity index (χ4n) is 3.33. The molecule has 0 unspecified atom stereocenters. The molecule has 0 aromatic carbocycles. The van der Waals surface area contributed by atoms with Gasteiger partial charge < -0.3 is 14.8 Å². The summed E-state index contributed by atoms with van der Waals surface area (Å²) < 4.78 is 51.1. The van der Waals surface area contributed by atoms with Crippen LogP contribution < -0.4 is 10.6 Å². The highest BCUT2D eigenvalue weighted by Crippen LogP contribution is 2.32. The van der Waals surface area contributed by atoms with E-state index in [1.165, 1.54) is 0 Å². The smallest absolute Gasteiger partial charge is 0.436 e. The number of nitrogens with one attached hydrogen (secondary N) is 2. The number of carbonyl (C=O) groups is 2. The van der Waals surface area contributed by atoms with Gasteiger partial charge in [0.25, 0.3) is 5.66 Å². The molecule has 144 valence electrons. The van der Waals surface area contributed by atoms with Crippen LogP contribution in [0.5, 0.6) is 0 Å². The number of alkyl halides is 3. The first-order valence-electron chi connectivity index (χ1n) is 8.64. The molecule has 0 radical (unpaired) electrons. The fourth-order valence-corrected chi connectivity index (χ4v) is 3.33. The van der Waals surface area contributed by atoms with Crippen molar-refractivity contribution < 1.29 is 32.2 Å². The van der Waals surface area contributed by atoms with Crippen molar-refractivity contribution in [1.29, 1.82) is 0 Å². The van der Waals surface area contributed by atoms with E-state index in [1.54, 1.807) is 0 Å². The van der Waals surface area contributed by atoms with Gasteiger partial charge in [0.2, 0.25) is 5.91 Å². The summed E-state index contributed by atoms with van der Waals surface area (Å²) in [5.74, 6) is -2.88. The predicted molar refractivity (Wildman–Crippen MR) is 82.5 cm³/mol. The molecule has 1 amide bonds. The van der Waals surface area contributed by atoms with Crippen LogP contribution in [-0.2, 0) is 19.1 Å². The van der Waals surface area contributed by atoms with Crippen LogP contribution in [0.3, 0.4) is 0 Å². The molecule has 2 rings (SSSR count). The molecule has 1 aliphatic heterocycles. The lowest BCUT2D eigenvalue weighted by atomic mass is 9.88. The molecular formula is C16H25F3N2O4. The summed E-state index contributed by atoms with van der Waals surface area (Å²) in [6.07, 6.45) is -0.559. The van der Waals surface area contributed by atoms with E-state index in [0.717, 1.165) is 32.8 Å². The highest BCUT2D eigenvalue weighted by molar-refractivity contribution is 5.89. The van der Waals surface area contributed by atoms with Crippen LogP contribution in [0.15, 0.2) is 0 Å². The second kappa shape index (κ2) is 8.35. The third-order valence-electron chi connectivity index (χ3n) is 4.82. The Balaban J connectivity index is 2.18. The van der Waals surface area contributed by atoms with Gasteiger partial charge in [-0.3, -0.25) is 10.1 Å². The first-order chi connectivity index (χ1) is 11.8. The van der Waals surface area contributed by atoms with Crippen molar-refractivity contribution in [3.8, 4) is 0 Å². The first kappa shape index (κ1) is 20.0. The number of rotatable bonds is 6. The molecule has 2 aliphatic rings. The van der Waals surface area contributed by atoms with Crippen LogP contribution in [-0.4, -0.2) is 50.1 Å². The summed E-state index contributed by atoms with van der Waals surface area (Å²) in [5.41, 5.74) is -3.26. The van der Waals surface area contributed by atoms with Crippen molar-refractivity contribution in [2.75, 3.05) is 20.3 Å². The zero-order chi connectivity index (χ0) is 18.5. The van der Waals surface area contributed by atoms with Gasteiger partial charge in [0.15, 0.2) is 0 Å². The maximum atomic E-state index is 13.8. The number of hydrogen-bond donors (Lipinski definition) is 2. The molecule has 1 saturated carbocycles. The minimum Gasteiger partial charge on any atom is -0.466 e. The fraction of sp³-hybridized carbons (Fsp3) is 0.875. The van der Waals surface area contributed by atoms with E-state index in [0.29, 0.717) is 25.9 Å². The summed E-state index contributed by atoms with van der Waals surface area (Å²) in [6.45, 7) is 0.261. The predicted octanol–water partition coefficient (Wildman–Crippen LogP) is 1.88. The van der Waals surface area contributed by atoms with Gasteiger partial charge >= 0.3 is 12.1 Å². The zero-order valence-electron chi connectivity index (χ0n) is 14.3. The molecular weight excluding hydrogens is 341 g/mol. The number of methoxy groups -OCH3 is 1. The van der Waals surface area contributed by atoms with E-state index >= 15 is 0 Å². The molecule has 1 aliphatic carbocycles. The van der Waals surface area contributed by atoms with Crippen molar-refractivity contribution in [2.45, 2.75) is 62.9 Å². The molecule has 1 heterocycles. The maximum absolute atomic E-state index is 13.8. The monoisotopic (exact) mass is 366 g/mol. The van der Waals surface area contributed by atoms with E-state index in [9.17, 15) is 22.8 Å². The van der Waals surface area contributed by atoms with Gasteiger partial charge in [0.1, 0.15) is 0 Å². The minimum absolute atomic E-state index is 0.209. The highest BCUT2D eigenvalue weighted by Gasteiger charge is 2.63. The Bertz CT molecular complexity index is 474. The number of ether oxygens (including phenoxy) is 2. The molecule has 1 saturated heterocycles. The van der Waals surface area contributed by atoms with Crippen LogP contribution in [0.2, 0.25) is 0 Å². The van der Waals surface area contributed by atoms with E-state index in [4.69, 9.17) is 4.74 Å².